The van der Waals surface area contributed by atoms with Crippen LogP contribution in [0.4, 0.5) is 5.69 Å². The van der Waals surface area contributed by atoms with E-state index in [9.17, 15) is 4.79 Å². The van der Waals surface area contributed by atoms with E-state index in [-0.39, 0.29) is 30.0 Å². The molecule has 7 atom stereocenters. The Balaban J connectivity index is 1.46. The van der Waals surface area contributed by atoms with Gasteiger partial charge in [-0.2, -0.15) is 0 Å². The molecule has 1 N–H and O–H groups in total. The first kappa shape index (κ1) is 18.2. The minimum absolute atomic E-state index is 0.0177. The largest absolute Gasteiger partial charge is 0.481 e. The van der Waals surface area contributed by atoms with Crippen molar-refractivity contribution in [2.45, 2.75) is 25.0 Å². The molecule has 2 saturated heterocycles. The second-order valence-corrected chi connectivity index (χ2v) is 8.69. The Morgan fingerprint density at radius 2 is 1.93 bits per heavy atom. The maximum absolute atomic E-state index is 13.3. The third-order valence-electron chi connectivity index (χ3n) is 6.53. The van der Waals surface area contributed by atoms with Crippen molar-refractivity contribution in [1.82, 2.24) is 4.98 Å². The topological polar surface area (TPSA) is 60.5 Å². The number of benzene rings is 1. The van der Waals surface area contributed by atoms with Gasteiger partial charge in [-0.05, 0) is 47.6 Å². The predicted octanol–water partition coefficient (Wildman–Crippen LogP) is 4.40. The molecule has 3 heterocycles. The quantitative estimate of drug-likeness (QED) is 0.798. The van der Waals surface area contributed by atoms with Gasteiger partial charge in [0.2, 0.25) is 11.8 Å². The van der Waals surface area contributed by atoms with Crippen LogP contribution in [-0.2, 0) is 9.53 Å². The van der Waals surface area contributed by atoms with Crippen LogP contribution in [0.15, 0.2) is 36.5 Å². The number of fused-ring (bicyclic) bond motifs is 5. The molecule has 0 spiro atoms. The fourth-order valence-electron chi connectivity index (χ4n) is 5.23. The zero-order valence-corrected chi connectivity index (χ0v) is 16.9. The predicted molar refractivity (Wildman–Crippen MR) is 107 cm³/mol. The molecule has 3 aliphatic rings. The van der Waals surface area contributed by atoms with Crippen LogP contribution in [0.25, 0.3) is 0 Å². The molecular weight excluding hydrogens is 399 g/mol. The first-order valence-corrected chi connectivity index (χ1v) is 10.2. The molecular formula is C21H20Cl2N2O3. The summed E-state index contributed by atoms with van der Waals surface area (Å²) in [5, 5.41) is 3.88. The highest BCUT2D eigenvalue weighted by atomic mass is 35.5. The smallest absolute Gasteiger partial charge is 0.230 e. The molecule has 2 aliphatic heterocycles. The number of rotatable bonds is 4. The van der Waals surface area contributed by atoms with Crippen molar-refractivity contribution in [3.05, 3.63) is 52.1 Å². The molecule has 3 unspecified atom stereocenters. The van der Waals surface area contributed by atoms with Crippen LogP contribution in [0.3, 0.4) is 0 Å². The van der Waals surface area contributed by atoms with E-state index in [2.05, 4.69) is 17.2 Å². The fraction of sp³-hybridized carbons (Fsp3) is 0.429. The molecule has 1 saturated carbocycles. The molecule has 1 aliphatic carbocycles. The average Bonchev–Trinajstić information content (AvgIpc) is 3.05. The van der Waals surface area contributed by atoms with Crippen molar-refractivity contribution < 1.29 is 14.3 Å². The number of hydrogen-bond acceptors (Lipinski definition) is 4. The lowest BCUT2D eigenvalue weighted by Gasteiger charge is -2.27. The summed E-state index contributed by atoms with van der Waals surface area (Å²) in [4.78, 5) is 17.5. The normalized spacial score (nSPS) is 34.8. The van der Waals surface area contributed by atoms with Crippen molar-refractivity contribution in [2.75, 3.05) is 12.4 Å². The SMILES string of the molecule is COc1cc([C@@H]2[C@@H](C(=O)Nc3ccc(Cl)c(Cl)c3)[C@@H]3O[C@H]2C2C(C)C23)ccn1. The van der Waals surface area contributed by atoms with Gasteiger partial charge in [-0.25, -0.2) is 4.98 Å². The highest BCUT2D eigenvalue weighted by Crippen LogP contribution is 2.68. The Hall–Kier alpha value is -1.82. The van der Waals surface area contributed by atoms with E-state index in [0.717, 1.165) is 5.56 Å². The van der Waals surface area contributed by atoms with Crippen LogP contribution >= 0.6 is 23.2 Å². The summed E-state index contributed by atoms with van der Waals surface area (Å²) in [6, 6.07) is 8.98. The Kier molecular flexibility index (Phi) is 4.30. The molecule has 2 aromatic rings. The third kappa shape index (κ3) is 2.71. The van der Waals surface area contributed by atoms with E-state index in [1.54, 1.807) is 31.5 Å². The number of aromatic nitrogens is 1. The first-order valence-electron chi connectivity index (χ1n) is 9.41. The molecule has 2 bridgehead atoms. The number of hydrogen-bond donors (Lipinski definition) is 1. The maximum atomic E-state index is 13.3. The van der Waals surface area contributed by atoms with Gasteiger partial charge in [-0.15, -0.1) is 0 Å². The number of halogens is 2. The molecule has 146 valence electrons. The van der Waals surface area contributed by atoms with Crippen molar-refractivity contribution in [1.29, 1.82) is 0 Å². The van der Waals surface area contributed by atoms with Gasteiger partial charge in [0.1, 0.15) is 0 Å². The lowest BCUT2D eigenvalue weighted by molar-refractivity contribution is -0.122. The van der Waals surface area contributed by atoms with Gasteiger partial charge in [-0.3, -0.25) is 4.79 Å². The number of methoxy groups -OCH3 is 1. The monoisotopic (exact) mass is 418 g/mol. The summed E-state index contributed by atoms with van der Waals surface area (Å²) in [5.41, 5.74) is 1.67. The second-order valence-electron chi connectivity index (χ2n) is 7.88. The summed E-state index contributed by atoms with van der Waals surface area (Å²) < 4.78 is 11.6. The minimum Gasteiger partial charge on any atom is -0.481 e. The van der Waals surface area contributed by atoms with Crippen molar-refractivity contribution in [2.24, 2.45) is 23.7 Å². The molecule has 1 aromatic heterocycles. The first-order chi connectivity index (χ1) is 13.5. The van der Waals surface area contributed by atoms with E-state index < -0.39 is 0 Å². The van der Waals surface area contributed by atoms with Gasteiger partial charge >= 0.3 is 0 Å². The van der Waals surface area contributed by atoms with Crippen LogP contribution in [0, 0.1) is 23.7 Å². The van der Waals surface area contributed by atoms with Crippen LogP contribution < -0.4 is 10.1 Å². The zero-order chi connectivity index (χ0) is 19.6. The number of anilines is 1. The van der Waals surface area contributed by atoms with Gasteiger partial charge in [-0.1, -0.05) is 30.1 Å². The van der Waals surface area contributed by atoms with Crippen molar-refractivity contribution >= 4 is 34.8 Å². The van der Waals surface area contributed by atoms with Crippen LogP contribution in [0.1, 0.15) is 18.4 Å². The highest BCUT2D eigenvalue weighted by Gasteiger charge is 2.72. The van der Waals surface area contributed by atoms with E-state index in [0.29, 0.717) is 39.4 Å². The summed E-state index contributed by atoms with van der Waals surface area (Å²) in [6.07, 6.45) is 1.72. The van der Waals surface area contributed by atoms with Crippen molar-refractivity contribution in [3.63, 3.8) is 0 Å². The fourth-order valence-corrected chi connectivity index (χ4v) is 5.53. The third-order valence-corrected chi connectivity index (χ3v) is 7.27. The Morgan fingerprint density at radius 3 is 2.68 bits per heavy atom. The Bertz CT molecular complexity index is 953. The van der Waals surface area contributed by atoms with Crippen molar-refractivity contribution in [3.8, 4) is 5.88 Å². The molecule has 5 nitrogen and oxygen atoms in total. The Morgan fingerprint density at radius 1 is 1.14 bits per heavy atom. The number of amides is 1. The molecule has 0 radical (unpaired) electrons. The van der Waals surface area contributed by atoms with Gasteiger partial charge in [0.05, 0.1) is 35.3 Å². The van der Waals surface area contributed by atoms with E-state index >= 15 is 0 Å². The number of nitrogens with zero attached hydrogens (tertiary/aromatic N) is 1. The van der Waals surface area contributed by atoms with Crippen LogP contribution in [0.5, 0.6) is 5.88 Å². The van der Waals surface area contributed by atoms with Gasteiger partial charge in [0, 0.05) is 23.9 Å². The average molecular weight is 419 g/mol. The lowest BCUT2D eigenvalue weighted by Crippen LogP contribution is -2.37. The number of pyridine rings is 1. The van der Waals surface area contributed by atoms with Gasteiger partial charge in [0.15, 0.2) is 0 Å². The summed E-state index contributed by atoms with van der Waals surface area (Å²) in [6.45, 7) is 2.25. The van der Waals surface area contributed by atoms with Crippen LogP contribution in [-0.4, -0.2) is 30.2 Å². The molecule has 5 rings (SSSR count). The standard InChI is InChI=1S/C21H20Cl2N2O3/c1-9-15-16(9)20-18(21(26)25-11-3-4-12(22)13(23)8-11)17(19(15)28-20)10-5-6-24-14(7-10)27-2/h3-9,15-20H,1-2H3,(H,25,26)/t9?,15?,16?,17-,18-,19+,20-/m1/s1. The second kappa shape index (κ2) is 6.61. The summed E-state index contributed by atoms with van der Waals surface area (Å²) in [7, 11) is 1.59. The van der Waals surface area contributed by atoms with Gasteiger partial charge < -0.3 is 14.8 Å². The Labute approximate surface area is 173 Å². The molecule has 28 heavy (non-hydrogen) atoms. The van der Waals surface area contributed by atoms with E-state index in [1.165, 1.54) is 0 Å². The molecule has 1 amide bonds. The highest BCUT2D eigenvalue weighted by molar-refractivity contribution is 6.42. The molecule has 7 heteroatoms. The number of carbonyl (C=O) groups is 1. The lowest BCUT2D eigenvalue weighted by atomic mass is 9.75. The van der Waals surface area contributed by atoms with Gasteiger partial charge in [0.25, 0.3) is 0 Å². The van der Waals surface area contributed by atoms with E-state index in [4.69, 9.17) is 32.7 Å². The number of ether oxygens (including phenoxy) is 2. The summed E-state index contributed by atoms with van der Waals surface area (Å²) >= 11 is 12.1. The van der Waals surface area contributed by atoms with E-state index in [1.807, 2.05) is 12.1 Å². The maximum Gasteiger partial charge on any atom is 0.230 e. The summed E-state index contributed by atoms with van der Waals surface area (Å²) in [5.74, 6) is 1.80. The number of carbonyl (C=O) groups excluding carboxylic acids is 1. The minimum atomic E-state index is -0.266. The zero-order valence-electron chi connectivity index (χ0n) is 15.4. The number of nitrogens with one attached hydrogen (secondary N) is 1. The van der Waals surface area contributed by atoms with Crippen LogP contribution in [0.2, 0.25) is 10.0 Å². The molecule has 1 aromatic carbocycles. The molecule has 3 fully saturated rings.